The summed E-state index contributed by atoms with van der Waals surface area (Å²) in [6.45, 7) is 5.25. The number of carbonyl (C=O) groups excluding carboxylic acids is 10. The van der Waals surface area contributed by atoms with E-state index in [1.54, 1.807) is 19.1 Å². The van der Waals surface area contributed by atoms with Crippen LogP contribution in [0.1, 0.15) is 68.2 Å². The summed E-state index contributed by atoms with van der Waals surface area (Å²) < 4.78 is 33.9. The minimum atomic E-state index is -3.93. The maximum absolute atomic E-state index is 14.5. The summed E-state index contributed by atoms with van der Waals surface area (Å²) in [5, 5.41) is 25.5. The molecule has 0 aromatic heterocycles. The number of aldehydes is 1. The molecule has 7 N–H and O–H groups in total. The fourth-order valence-electron chi connectivity index (χ4n) is 10.5. The molecule has 2 bridgehead atoms. The van der Waals surface area contributed by atoms with Crippen LogP contribution in [0.4, 0.5) is 9.21 Å². The Morgan fingerprint density at radius 1 is 0.852 bits per heavy atom. The molecular weight excluding hydrogens is 1080 g/mol. The largest absolute Gasteiger partial charge is 1.15 e. The molecule has 81 heavy (non-hydrogen) atoms. The second kappa shape index (κ2) is 28.7. The molecule has 5 heterocycles. The average Bonchev–Trinajstić information content (AvgIpc) is 3.35. The van der Waals surface area contributed by atoms with Gasteiger partial charge in [0.05, 0.1) is 50.7 Å². The van der Waals surface area contributed by atoms with Gasteiger partial charge in [-0.05, 0) is 47.4 Å². The number of benzene rings is 2. The zero-order valence-electron chi connectivity index (χ0n) is 45.5. The number of ether oxygens (including phenoxy) is 2. The van der Waals surface area contributed by atoms with Crippen LogP contribution < -0.4 is 36.8 Å². The van der Waals surface area contributed by atoms with Crippen molar-refractivity contribution in [2.45, 2.75) is 108 Å². The highest BCUT2D eigenvalue weighted by molar-refractivity contribution is 6.41. The number of halogens is 1. The lowest BCUT2D eigenvalue weighted by Crippen LogP contribution is -2.64. The van der Waals surface area contributed by atoms with Crippen molar-refractivity contribution in [3.8, 4) is 0 Å². The van der Waals surface area contributed by atoms with E-state index in [1.807, 2.05) is 47.1 Å². The first-order valence-electron chi connectivity index (χ1n) is 27.1. The van der Waals surface area contributed by atoms with Gasteiger partial charge >= 0.3 is 27.2 Å². The fraction of sp³-hybridized carbons (Fsp3) is 0.566. The number of hydrogen-bond donors (Lipinski definition) is 7. The molecule has 28 heteroatoms. The lowest BCUT2D eigenvalue weighted by atomic mass is 9.83. The highest BCUT2D eigenvalue weighted by Gasteiger charge is 2.47. The number of carboxylic acid groups (broad SMARTS) is 1. The molecule has 0 radical (unpaired) electrons. The molecule has 9 atom stereocenters. The van der Waals surface area contributed by atoms with Crippen LogP contribution in [-0.2, 0) is 95.6 Å². The van der Waals surface area contributed by atoms with Crippen molar-refractivity contribution in [3.05, 3.63) is 64.7 Å². The zero-order valence-corrected chi connectivity index (χ0v) is 46.7. The maximum atomic E-state index is 14.5. The Balaban J connectivity index is 0.889. The average molecular weight is 1150 g/mol. The first-order valence-corrected chi connectivity index (χ1v) is 28.5. The number of esters is 1. The monoisotopic (exact) mass is 1150 g/mol. The third-order valence-electron chi connectivity index (χ3n) is 15.3. The summed E-state index contributed by atoms with van der Waals surface area (Å²) in [6.07, 6.45) is -0.112. The number of carboxylic acids is 1. The van der Waals surface area contributed by atoms with Gasteiger partial charge in [0.2, 0.25) is 41.7 Å². The van der Waals surface area contributed by atoms with E-state index in [0.717, 1.165) is 16.7 Å². The van der Waals surface area contributed by atoms with E-state index in [0.29, 0.717) is 76.2 Å². The molecule has 2 aromatic carbocycles. The van der Waals surface area contributed by atoms with Crippen molar-refractivity contribution in [1.29, 1.82) is 0 Å². The van der Waals surface area contributed by atoms with Gasteiger partial charge in [0.1, 0.15) is 30.0 Å². The Morgan fingerprint density at radius 3 is 2.14 bits per heavy atom. The summed E-state index contributed by atoms with van der Waals surface area (Å²) in [5.74, 6) is -7.80. The molecule has 2 aromatic rings. The SMILES string of the molecule is CC[C@H](C)[C@@](C=O)(CN[C@H]1CCc2cccc3c2N(C1=O)[C@H](C(=O)NC1CC(=O)OC1OC)C3)NC(=O)CNC(=O)CNC(=O)[C@H](CCC(=O)O)NC(=O)Cc1ccc(CN2CCN3CCN(CC2)CC(=O)[O][Al]([F])[O]C(=O)C3)cc1. The predicted octanol–water partition coefficient (Wildman–Crippen LogP) is -2.35. The second-order valence-electron chi connectivity index (χ2n) is 20.9. The quantitative estimate of drug-likeness (QED) is 0.0348. The van der Waals surface area contributed by atoms with E-state index in [2.05, 4.69) is 36.8 Å². The van der Waals surface area contributed by atoms with Crippen LogP contribution in [0, 0.1) is 5.92 Å². The van der Waals surface area contributed by atoms with Crippen LogP contribution in [0.3, 0.4) is 0 Å². The Labute approximate surface area is 472 Å². The first-order chi connectivity index (χ1) is 38.8. The van der Waals surface area contributed by atoms with Crippen molar-refractivity contribution in [2.75, 3.05) is 84.0 Å². The summed E-state index contributed by atoms with van der Waals surface area (Å²) >= 11 is -3.93. The summed E-state index contributed by atoms with van der Waals surface area (Å²) in [5.41, 5.74) is 2.17. The highest BCUT2D eigenvalue weighted by Crippen LogP contribution is 2.39. The summed E-state index contributed by atoms with van der Waals surface area (Å²) in [7, 11) is 1.35. The minimum Gasteiger partial charge on any atom is -0.558 e. The number of nitrogens with one attached hydrogen (secondary N) is 6. The number of fused-ring (bicyclic) bond motifs is 3. The third-order valence-corrected chi connectivity index (χ3v) is 16.2. The van der Waals surface area contributed by atoms with Gasteiger partial charge in [0.25, 0.3) is 11.9 Å². The number of amides is 6. The molecule has 438 valence electrons. The fourth-order valence-corrected chi connectivity index (χ4v) is 11.1. The van der Waals surface area contributed by atoms with Gasteiger partial charge in [-0.1, -0.05) is 62.7 Å². The molecule has 3 fully saturated rings. The molecule has 4 unspecified atom stereocenters. The minimum absolute atomic E-state index is 0.105. The van der Waals surface area contributed by atoms with E-state index < -0.39 is 136 Å². The van der Waals surface area contributed by atoms with Crippen LogP contribution in [0.15, 0.2) is 42.5 Å². The number of methoxy groups -OCH3 is 1. The number of hydrogen-bond acceptors (Lipinski definition) is 19. The van der Waals surface area contributed by atoms with Gasteiger partial charge in [0.15, 0.2) is 0 Å². The molecule has 0 saturated carbocycles. The molecule has 0 aliphatic carbocycles. The molecule has 0 spiro atoms. The molecular formula is C53H70AlFN10O16. The first kappa shape index (κ1) is 61.7. The van der Waals surface area contributed by atoms with E-state index in [4.69, 9.17) is 17.1 Å². The van der Waals surface area contributed by atoms with Gasteiger partial charge in [-0.3, -0.25) is 67.5 Å². The Morgan fingerprint density at radius 2 is 1.49 bits per heavy atom. The van der Waals surface area contributed by atoms with E-state index in [9.17, 15) is 61.4 Å². The van der Waals surface area contributed by atoms with Crippen molar-refractivity contribution in [2.24, 2.45) is 5.92 Å². The van der Waals surface area contributed by atoms with Crippen molar-refractivity contribution >= 4 is 86.6 Å². The van der Waals surface area contributed by atoms with Gasteiger partial charge in [0, 0.05) is 72.3 Å². The van der Waals surface area contributed by atoms with Crippen LogP contribution >= 0.6 is 0 Å². The molecule has 5 aliphatic rings. The standard InChI is InChI=1S/C53H72N10O16.Al.FH/c1-4-32(2)53(31-64,30-56-38-13-12-35-6-5-7-36-23-40(63(48(35)36)51(38)77)50(76)58-39-24-47(74)79-52(39)78-3)59-43(67)26-54-42(66)25-55-49(75)37(14-15-44(68)69)57-41(65)22-33-8-10-34(11-9-33)27-60-16-18-61(28-45(70)71)20-21-62(19-17-60)29-46(72)73;;/h5-11,31-32,37-40,52,56H,4,12-30H2,1-3H3,(H,54,66)(H,55,75)(H,57,65)(H,58,76)(H,59,67)(H,68,69)(H,70,71)(H,72,73);;1H/q;+3;/p-3/t32-,37-,38-,39?,40-,52?,53-;;/m0../s1. The normalized spacial score (nSPS) is 23.7. The zero-order chi connectivity index (χ0) is 58.4. The molecule has 7 rings (SSSR count). The summed E-state index contributed by atoms with van der Waals surface area (Å²) in [4.78, 5) is 150. The van der Waals surface area contributed by atoms with Crippen LogP contribution in [0.25, 0.3) is 0 Å². The number of nitrogens with zero attached hydrogens (tertiary/aromatic N) is 4. The van der Waals surface area contributed by atoms with Gasteiger partial charge in [-0.2, -0.15) is 0 Å². The number of rotatable bonds is 23. The third kappa shape index (κ3) is 16.8. The Hall–Kier alpha value is -6.93. The van der Waals surface area contributed by atoms with Crippen molar-refractivity contribution in [3.63, 3.8) is 0 Å². The number of cyclic esters (lactones) is 1. The highest BCUT2D eigenvalue weighted by atomic mass is 27.3. The van der Waals surface area contributed by atoms with E-state index in [-0.39, 0.29) is 51.7 Å². The number of para-hydroxylation sites is 1. The van der Waals surface area contributed by atoms with Crippen LogP contribution in [0.2, 0.25) is 0 Å². The van der Waals surface area contributed by atoms with E-state index >= 15 is 0 Å². The van der Waals surface area contributed by atoms with Gasteiger partial charge in [-0.25, -0.2) is 0 Å². The summed E-state index contributed by atoms with van der Waals surface area (Å²) in [6, 6.07) is 8.74. The van der Waals surface area contributed by atoms with Crippen LogP contribution in [-0.4, -0.2) is 216 Å². The van der Waals surface area contributed by atoms with Crippen LogP contribution in [0.5, 0.6) is 0 Å². The second-order valence-corrected chi connectivity index (χ2v) is 21.9. The maximum Gasteiger partial charge on any atom is 1.15 e. The Kier molecular flexibility index (Phi) is 21.8. The number of anilines is 1. The lowest BCUT2D eigenvalue weighted by Gasteiger charge is -2.37. The lowest BCUT2D eigenvalue weighted by molar-refractivity contribution is -0.160. The predicted molar refractivity (Wildman–Crippen MR) is 284 cm³/mol. The molecule has 3 saturated heterocycles. The topological polar surface area (TPSA) is 330 Å². The van der Waals surface area contributed by atoms with Gasteiger partial charge in [-0.15, -0.1) is 0 Å². The van der Waals surface area contributed by atoms with Crippen molar-refractivity contribution < 1.29 is 78.4 Å². The molecule has 26 nitrogen and oxygen atoms in total. The Bertz CT molecular complexity index is 2660. The number of carbonyl (C=O) groups is 11. The smallest absolute Gasteiger partial charge is 0.558 e. The van der Waals surface area contributed by atoms with Gasteiger partial charge < -0.3 is 62.4 Å². The van der Waals surface area contributed by atoms with Crippen molar-refractivity contribution in [1.82, 2.24) is 46.6 Å². The van der Waals surface area contributed by atoms with E-state index in [1.165, 1.54) is 12.0 Å². The number of aliphatic carboxylic acids is 1. The number of aryl methyl sites for hydroxylation is 1. The molecule has 5 aliphatic heterocycles. The molecule has 6 amide bonds.